The van der Waals surface area contributed by atoms with E-state index in [1.807, 2.05) is 26.6 Å². The molecule has 1 N–H and O–H groups in total. The van der Waals surface area contributed by atoms with Crippen molar-refractivity contribution >= 4 is 23.2 Å². The second kappa shape index (κ2) is 7.21. The van der Waals surface area contributed by atoms with Crippen LogP contribution in [-0.2, 0) is 9.53 Å². The van der Waals surface area contributed by atoms with Gasteiger partial charge in [0.25, 0.3) is 11.8 Å². The Morgan fingerprint density at radius 1 is 1.23 bits per heavy atom. The molecular formula is C15H21N3O3S. The lowest BCUT2D eigenvalue weighted by molar-refractivity contribution is -0.145. The van der Waals surface area contributed by atoms with Crippen LogP contribution in [0, 0.1) is 0 Å². The van der Waals surface area contributed by atoms with Crippen molar-refractivity contribution in [1.82, 2.24) is 15.1 Å². The number of carbonyl (C=O) groups is 2. The molecule has 1 atom stereocenters. The number of carbonyl (C=O) groups excluding carboxylic acids is 2. The summed E-state index contributed by atoms with van der Waals surface area (Å²) in [7, 11) is 0. The highest BCUT2D eigenvalue weighted by Gasteiger charge is 2.29. The van der Waals surface area contributed by atoms with Crippen LogP contribution in [0.3, 0.4) is 0 Å². The van der Waals surface area contributed by atoms with Crippen molar-refractivity contribution in [3.8, 4) is 0 Å². The molecule has 3 heterocycles. The molecule has 0 saturated carbocycles. The van der Waals surface area contributed by atoms with Gasteiger partial charge in [0.1, 0.15) is 6.10 Å². The van der Waals surface area contributed by atoms with Gasteiger partial charge >= 0.3 is 0 Å². The first-order valence-electron chi connectivity index (χ1n) is 7.68. The summed E-state index contributed by atoms with van der Waals surface area (Å²) < 4.78 is 5.53. The zero-order valence-electron chi connectivity index (χ0n) is 12.5. The van der Waals surface area contributed by atoms with Crippen LogP contribution in [0.1, 0.15) is 16.8 Å². The Morgan fingerprint density at radius 2 is 2.05 bits per heavy atom. The predicted octanol–water partition coefficient (Wildman–Crippen LogP) is 0.411. The van der Waals surface area contributed by atoms with E-state index >= 15 is 0 Å². The minimum absolute atomic E-state index is 0.0389. The summed E-state index contributed by atoms with van der Waals surface area (Å²) in [5, 5.41) is 6.96. The fourth-order valence-corrected chi connectivity index (χ4v) is 3.47. The van der Waals surface area contributed by atoms with E-state index in [0.29, 0.717) is 39.3 Å². The molecule has 0 bridgehead atoms. The Bertz CT molecular complexity index is 514. The third kappa shape index (κ3) is 3.48. The van der Waals surface area contributed by atoms with Crippen LogP contribution in [0.15, 0.2) is 16.8 Å². The molecule has 120 valence electrons. The van der Waals surface area contributed by atoms with Gasteiger partial charge < -0.3 is 19.9 Å². The van der Waals surface area contributed by atoms with E-state index in [4.69, 9.17) is 4.74 Å². The number of nitrogens with one attached hydrogen (secondary N) is 1. The van der Waals surface area contributed by atoms with Crippen LogP contribution in [0.25, 0.3) is 0 Å². The van der Waals surface area contributed by atoms with Crippen molar-refractivity contribution in [1.29, 1.82) is 0 Å². The Hall–Kier alpha value is -1.44. The Balaban J connectivity index is 1.57. The van der Waals surface area contributed by atoms with Gasteiger partial charge in [0, 0.05) is 44.6 Å². The van der Waals surface area contributed by atoms with Gasteiger partial charge in [0.2, 0.25) is 0 Å². The summed E-state index contributed by atoms with van der Waals surface area (Å²) in [6.07, 6.45) is 0.426. The molecule has 7 heteroatoms. The second-order valence-corrected chi connectivity index (χ2v) is 6.33. The molecule has 1 unspecified atom stereocenters. The van der Waals surface area contributed by atoms with E-state index in [9.17, 15) is 9.59 Å². The third-order valence-electron chi connectivity index (χ3n) is 4.07. The van der Waals surface area contributed by atoms with E-state index in [1.165, 1.54) is 11.3 Å². The van der Waals surface area contributed by atoms with Crippen molar-refractivity contribution in [2.45, 2.75) is 12.5 Å². The minimum Gasteiger partial charge on any atom is -0.366 e. The minimum atomic E-state index is -0.382. The van der Waals surface area contributed by atoms with E-state index in [-0.39, 0.29) is 17.9 Å². The summed E-state index contributed by atoms with van der Waals surface area (Å²) in [5.41, 5.74) is 0.740. The second-order valence-electron chi connectivity index (χ2n) is 5.55. The molecule has 0 spiro atoms. The van der Waals surface area contributed by atoms with Gasteiger partial charge in [0.15, 0.2) is 0 Å². The largest absolute Gasteiger partial charge is 0.366 e. The molecule has 3 rings (SSSR count). The number of hydrogen-bond acceptors (Lipinski definition) is 5. The van der Waals surface area contributed by atoms with Crippen molar-refractivity contribution < 1.29 is 14.3 Å². The normalized spacial score (nSPS) is 23.2. The van der Waals surface area contributed by atoms with Gasteiger partial charge in [-0.15, -0.1) is 0 Å². The molecular weight excluding hydrogens is 302 g/mol. The van der Waals surface area contributed by atoms with Gasteiger partial charge in [-0.1, -0.05) is 0 Å². The van der Waals surface area contributed by atoms with Crippen molar-refractivity contribution in [3.05, 3.63) is 22.4 Å². The average Bonchev–Trinajstić information content (AvgIpc) is 2.99. The molecule has 0 radical (unpaired) electrons. The van der Waals surface area contributed by atoms with Crippen molar-refractivity contribution in [2.24, 2.45) is 0 Å². The molecule has 0 aromatic carbocycles. The van der Waals surface area contributed by atoms with Gasteiger partial charge in [-0.05, 0) is 17.9 Å². The van der Waals surface area contributed by atoms with Crippen LogP contribution in [0.2, 0.25) is 0 Å². The number of rotatable bonds is 2. The molecule has 2 fully saturated rings. The molecule has 2 amide bonds. The summed E-state index contributed by atoms with van der Waals surface area (Å²) in [6.45, 7) is 4.50. The molecule has 0 aliphatic carbocycles. The maximum absolute atomic E-state index is 12.5. The number of thiophene rings is 1. The highest BCUT2D eigenvalue weighted by Crippen LogP contribution is 2.13. The topological polar surface area (TPSA) is 61.9 Å². The molecule has 22 heavy (non-hydrogen) atoms. The summed E-state index contributed by atoms with van der Waals surface area (Å²) >= 11 is 1.53. The van der Waals surface area contributed by atoms with Crippen LogP contribution >= 0.6 is 11.3 Å². The number of nitrogens with zero attached hydrogens (tertiary/aromatic N) is 2. The SMILES string of the molecule is O=C(c1ccsc1)N1CCCN(C(=O)C2CNCCO2)CC1. The highest BCUT2D eigenvalue weighted by molar-refractivity contribution is 7.08. The molecule has 2 aliphatic rings. The predicted molar refractivity (Wildman–Crippen MR) is 84.0 cm³/mol. The summed E-state index contributed by atoms with van der Waals surface area (Å²) in [5.74, 6) is 0.100. The fourth-order valence-electron chi connectivity index (χ4n) is 2.84. The molecule has 2 aliphatic heterocycles. The molecule has 6 nitrogen and oxygen atoms in total. The average molecular weight is 323 g/mol. The monoisotopic (exact) mass is 323 g/mol. The lowest BCUT2D eigenvalue weighted by Gasteiger charge is -2.29. The quantitative estimate of drug-likeness (QED) is 0.856. The molecule has 2 saturated heterocycles. The smallest absolute Gasteiger partial charge is 0.254 e. The van der Waals surface area contributed by atoms with Gasteiger partial charge in [-0.3, -0.25) is 9.59 Å². The summed E-state index contributed by atoms with van der Waals surface area (Å²) in [6, 6.07) is 1.85. The third-order valence-corrected chi connectivity index (χ3v) is 4.75. The number of amides is 2. The Morgan fingerprint density at radius 3 is 2.77 bits per heavy atom. The highest BCUT2D eigenvalue weighted by atomic mass is 32.1. The van der Waals surface area contributed by atoms with E-state index in [0.717, 1.165) is 18.5 Å². The summed E-state index contributed by atoms with van der Waals surface area (Å²) in [4.78, 5) is 28.5. The van der Waals surface area contributed by atoms with Crippen LogP contribution in [0.5, 0.6) is 0 Å². The van der Waals surface area contributed by atoms with Crippen LogP contribution < -0.4 is 5.32 Å². The van der Waals surface area contributed by atoms with E-state index in [2.05, 4.69) is 5.32 Å². The van der Waals surface area contributed by atoms with E-state index in [1.54, 1.807) is 0 Å². The number of ether oxygens (including phenoxy) is 1. The van der Waals surface area contributed by atoms with Crippen LogP contribution in [0.4, 0.5) is 0 Å². The Labute approximate surface area is 134 Å². The van der Waals surface area contributed by atoms with Gasteiger partial charge in [-0.25, -0.2) is 0 Å². The maximum atomic E-state index is 12.5. The molecule has 1 aromatic rings. The first kappa shape index (κ1) is 15.5. The van der Waals surface area contributed by atoms with Gasteiger partial charge in [0.05, 0.1) is 12.2 Å². The van der Waals surface area contributed by atoms with Crippen LogP contribution in [-0.4, -0.2) is 73.6 Å². The lowest BCUT2D eigenvalue weighted by atomic mass is 10.2. The molecule has 1 aromatic heterocycles. The van der Waals surface area contributed by atoms with Crippen molar-refractivity contribution in [2.75, 3.05) is 45.9 Å². The first-order chi connectivity index (χ1) is 10.8. The number of morpholine rings is 1. The standard InChI is InChI=1S/C15H21N3O3S/c19-14(12-2-9-22-11-12)17-4-1-5-18(7-6-17)15(20)13-10-16-3-8-21-13/h2,9,11,13,16H,1,3-8,10H2. The van der Waals surface area contributed by atoms with Gasteiger partial charge in [-0.2, -0.15) is 11.3 Å². The Kier molecular flexibility index (Phi) is 5.07. The number of hydrogen-bond donors (Lipinski definition) is 1. The zero-order chi connectivity index (χ0) is 15.4. The van der Waals surface area contributed by atoms with Crippen molar-refractivity contribution in [3.63, 3.8) is 0 Å². The first-order valence-corrected chi connectivity index (χ1v) is 8.62. The van der Waals surface area contributed by atoms with E-state index < -0.39 is 0 Å². The lowest BCUT2D eigenvalue weighted by Crippen LogP contribution is -2.50. The fraction of sp³-hybridized carbons (Fsp3) is 0.600. The zero-order valence-corrected chi connectivity index (χ0v) is 13.3. The maximum Gasteiger partial charge on any atom is 0.254 e.